The van der Waals surface area contributed by atoms with Crippen LogP contribution in [0.2, 0.25) is 0 Å². The number of nitrogen functional groups attached to an aromatic ring is 1. The first-order valence-corrected chi connectivity index (χ1v) is 9.69. The zero-order chi connectivity index (χ0) is 20.7. The number of likely N-dealkylation sites (N-methyl/N-ethyl adjacent to an activating group) is 1. The summed E-state index contributed by atoms with van der Waals surface area (Å²) in [5.74, 6) is 0.738. The summed E-state index contributed by atoms with van der Waals surface area (Å²) in [5, 5.41) is 0. The summed E-state index contributed by atoms with van der Waals surface area (Å²) in [7, 11) is 1.65. The van der Waals surface area contributed by atoms with Crippen molar-refractivity contribution in [3.63, 3.8) is 0 Å². The van der Waals surface area contributed by atoms with Gasteiger partial charge in [0.2, 0.25) is 5.91 Å². The number of rotatable bonds is 10. The van der Waals surface area contributed by atoms with Gasteiger partial charge in [-0.05, 0) is 18.3 Å². The first-order chi connectivity index (χ1) is 12.6. The molecule has 1 aromatic rings. The number of hydrogen-bond donors (Lipinski definition) is 2. The van der Waals surface area contributed by atoms with Gasteiger partial charge in [-0.15, -0.1) is 0 Å². The lowest BCUT2D eigenvalue weighted by molar-refractivity contribution is -0.130. The normalized spacial score (nSPS) is 11.3. The first-order valence-electron chi connectivity index (χ1n) is 9.69. The second-order valence-corrected chi connectivity index (χ2v) is 7.94. The van der Waals surface area contributed by atoms with E-state index in [1.165, 1.54) is 9.47 Å². The maximum absolute atomic E-state index is 12.8. The lowest BCUT2D eigenvalue weighted by atomic mass is 10.1. The van der Waals surface area contributed by atoms with E-state index in [9.17, 15) is 14.4 Å². The number of nitrogens with one attached hydrogen (secondary N) is 1. The number of anilines is 2. The van der Waals surface area contributed by atoms with E-state index in [4.69, 9.17) is 5.73 Å². The maximum Gasteiger partial charge on any atom is 0.330 e. The van der Waals surface area contributed by atoms with E-state index < -0.39 is 11.2 Å². The van der Waals surface area contributed by atoms with Crippen molar-refractivity contribution in [3.05, 3.63) is 20.8 Å². The van der Waals surface area contributed by atoms with Gasteiger partial charge in [-0.1, -0.05) is 41.0 Å². The Kier molecular flexibility index (Phi) is 8.59. The van der Waals surface area contributed by atoms with Crippen molar-refractivity contribution in [2.24, 2.45) is 11.8 Å². The quantitative estimate of drug-likeness (QED) is 0.639. The summed E-state index contributed by atoms with van der Waals surface area (Å²) in [6, 6.07) is 0. The lowest BCUT2D eigenvalue weighted by Crippen LogP contribution is -2.45. The van der Waals surface area contributed by atoms with E-state index >= 15 is 0 Å². The van der Waals surface area contributed by atoms with Gasteiger partial charge >= 0.3 is 5.69 Å². The summed E-state index contributed by atoms with van der Waals surface area (Å²) in [4.78, 5) is 42.8. The van der Waals surface area contributed by atoms with Crippen LogP contribution in [0, 0.1) is 11.8 Å². The number of hydrogen-bond acceptors (Lipinski definition) is 5. The molecule has 0 aliphatic carbocycles. The van der Waals surface area contributed by atoms with Crippen LogP contribution in [0.5, 0.6) is 0 Å². The molecule has 1 aromatic heterocycles. The van der Waals surface area contributed by atoms with Crippen LogP contribution in [0.1, 0.15) is 47.5 Å². The van der Waals surface area contributed by atoms with Crippen LogP contribution in [0.4, 0.5) is 11.5 Å². The lowest BCUT2D eigenvalue weighted by Gasteiger charge is -2.29. The highest BCUT2D eigenvalue weighted by Crippen LogP contribution is 2.16. The third-order valence-corrected chi connectivity index (χ3v) is 4.23. The molecule has 0 radical (unpaired) electrons. The minimum Gasteiger partial charge on any atom is -0.383 e. The van der Waals surface area contributed by atoms with Crippen LogP contribution in [-0.4, -0.2) is 47.0 Å². The minimum atomic E-state index is -0.570. The number of H-pyrrole nitrogens is 1. The van der Waals surface area contributed by atoms with E-state index in [2.05, 4.69) is 32.7 Å². The number of amides is 1. The largest absolute Gasteiger partial charge is 0.383 e. The average Bonchev–Trinajstić information content (AvgIpc) is 2.52. The highest BCUT2D eigenvalue weighted by molar-refractivity contribution is 5.82. The Morgan fingerprint density at radius 2 is 1.70 bits per heavy atom. The van der Waals surface area contributed by atoms with Crippen LogP contribution < -0.4 is 21.9 Å². The molecule has 0 unspecified atom stereocenters. The Balaban J connectivity index is 3.10. The van der Waals surface area contributed by atoms with Crippen LogP contribution in [0.15, 0.2) is 9.59 Å². The zero-order valence-corrected chi connectivity index (χ0v) is 17.5. The first kappa shape index (κ1) is 22.8. The van der Waals surface area contributed by atoms with Gasteiger partial charge in [-0.3, -0.25) is 19.1 Å². The fourth-order valence-corrected chi connectivity index (χ4v) is 3.03. The zero-order valence-electron chi connectivity index (χ0n) is 17.5. The van der Waals surface area contributed by atoms with Gasteiger partial charge in [0.15, 0.2) is 0 Å². The Hall–Kier alpha value is -2.25. The van der Waals surface area contributed by atoms with Gasteiger partial charge in [-0.2, -0.15) is 0 Å². The van der Waals surface area contributed by atoms with Gasteiger partial charge < -0.3 is 15.5 Å². The summed E-state index contributed by atoms with van der Waals surface area (Å²) < 4.78 is 1.36. The van der Waals surface area contributed by atoms with Gasteiger partial charge in [0.25, 0.3) is 5.56 Å². The van der Waals surface area contributed by atoms with Crippen molar-refractivity contribution in [2.75, 3.05) is 37.3 Å². The Labute approximate surface area is 161 Å². The summed E-state index contributed by atoms with van der Waals surface area (Å²) in [6.07, 6.45) is 1.67. The molecule has 1 amide bonds. The third-order valence-electron chi connectivity index (χ3n) is 4.23. The summed E-state index contributed by atoms with van der Waals surface area (Å²) in [5.41, 5.74) is 5.19. The SMILES string of the molecule is CCCCn1c(N)c(N(C)CC(=O)N(CC(C)C)CC(C)C)c(=O)[nH]c1=O. The topological polar surface area (TPSA) is 104 Å². The molecule has 1 heterocycles. The molecular weight excluding hydrogens is 346 g/mol. The van der Waals surface area contributed by atoms with Gasteiger partial charge in [0.1, 0.15) is 11.5 Å². The predicted molar refractivity (Wildman–Crippen MR) is 110 cm³/mol. The van der Waals surface area contributed by atoms with Crippen LogP contribution in [0.3, 0.4) is 0 Å². The van der Waals surface area contributed by atoms with E-state index in [-0.39, 0.29) is 24.0 Å². The number of nitrogens with zero attached hydrogens (tertiary/aromatic N) is 3. The Morgan fingerprint density at radius 3 is 2.19 bits per heavy atom. The molecule has 8 nitrogen and oxygen atoms in total. The van der Waals surface area contributed by atoms with Crippen molar-refractivity contribution < 1.29 is 4.79 Å². The van der Waals surface area contributed by atoms with Crippen LogP contribution in [-0.2, 0) is 11.3 Å². The van der Waals surface area contributed by atoms with Gasteiger partial charge in [0.05, 0.1) is 6.54 Å². The molecule has 0 spiro atoms. The Morgan fingerprint density at radius 1 is 1.15 bits per heavy atom. The van der Waals surface area contributed by atoms with E-state index in [0.29, 0.717) is 31.5 Å². The van der Waals surface area contributed by atoms with E-state index in [1.54, 1.807) is 7.05 Å². The maximum atomic E-state index is 12.8. The smallest absolute Gasteiger partial charge is 0.330 e. The van der Waals surface area contributed by atoms with Crippen LogP contribution in [0.25, 0.3) is 0 Å². The second kappa shape index (κ2) is 10.2. The average molecular weight is 382 g/mol. The van der Waals surface area contributed by atoms with Crippen molar-refractivity contribution >= 4 is 17.4 Å². The fraction of sp³-hybridized carbons (Fsp3) is 0.737. The molecule has 27 heavy (non-hydrogen) atoms. The van der Waals surface area contributed by atoms with Gasteiger partial charge in [-0.25, -0.2) is 4.79 Å². The molecule has 0 saturated carbocycles. The number of nitrogens with two attached hydrogens (primary N) is 1. The predicted octanol–water partition coefficient (Wildman–Crippen LogP) is 1.50. The second-order valence-electron chi connectivity index (χ2n) is 7.94. The number of aromatic amines is 1. The molecule has 1 rings (SSSR count). The van der Waals surface area contributed by atoms with Crippen LogP contribution >= 0.6 is 0 Å². The highest BCUT2D eigenvalue weighted by Gasteiger charge is 2.22. The number of aromatic nitrogens is 2. The standard InChI is InChI=1S/C19H35N5O3/c1-7-8-9-24-17(20)16(18(26)21-19(24)27)22(6)12-15(25)23(10-13(2)3)11-14(4)5/h13-14H,7-12,20H2,1-6H3,(H,21,26,27). The molecule has 0 aromatic carbocycles. The molecule has 8 heteroatoms. The van der Waals surface area contributed by atoms with Gasteiger partial charge in [0, 0.05) is 26.7 Å². The molecular formula is C19H35N5O3. The van der Waals surface area contributed by atoms with Crippen molar-refractivity contribution in [1.82, 2.24) is 14.5 Å². The third kappa shape index (κ3) is 6.45. The van der Waals surface area contributed by atoms with Crippen molar-refractivity contribution in [1.29, 1.82) is 0 Å². The minimum absolute atomic E-state index is 0.0265. The molecule has 0 atom stereocenters. The number of unbranched alkanes of at least 4 members (excludes halogenated alkanes) is 1. The molecule has 3 N–H and O–H groups in total. The fourth-order valence-electron chi connectivity index (χ4n) is 3.03. The molecule has 154 valence electrons. The molecule has 0 saturated heterocycles. The number of carbonyl (C=O) groups is 1. The van der Waals surface area contributed by atoms with Crippen molar-refractivity contribution in [3.8, 4) is 0 Å². The number of carbonyl (C=O) groups excluding carboxylic acids is 1. The van der Waals surface area contributed by atoms with E-state index in [0.717, 1.165) is 12.8 Å². The molecule has 0 aliphatic heterocycles. The summed E-state index contributed by atoms with van der Waals surface area (Å²) >= 11 is 0. The molecule has 0 fully saturated rings. The Bertz CT molecular complexity index is 726. The molecule has 0 bridgehead atoms. The highest BCUT2D eigenvalue weighted by atomic mass is 16.2. The van der Waals surface area contributed by atoms with Crippen molar-refractivity contribution in [2.45, 2.75) is 54.0 Å². The monoisotopic (exact) mass is 381 g/mol. The van der Waals surface area contributed by atoms with E-state index in [1.807, 2.05) is 11.8 Å². The molecule has 0 aliphatic rings. The summed E-state index contributed by atoms with van der Waals surface area (Å²) in [6.45, 7) is 12.1.